The molecule has 0 saturated heterocycles. The minimum atomic E-state index is -0.884. The van der Waals surface area contributed by atoms with Crippen LogP contribution in [0.15, 0.2) is 0 Å². The highest BCUT2D eigenvalue weighted by molar-refractivity contribution is 5.75. The summed E-state index contributed by atoms with van der Waals surface area (Å²) < 4.78 is 0. The van der Waals surface area contributed by atoms with Crippen LogP contribution in [0.1, 0.15) is 52.4 Å². The molecule has 5 heteroatoms. The molecule has 1 rings (SSSR count). The normalized spacial score (nSPS) is 19.2. The van der Waals surface area contributed by atoms with Crippen molar-refractivity contribution in [2.75, 3.05) is 6.54 Å². The van der Waals surface area contributed by atoms with Gasteiger partial charge in [0.15, 0.2) is 0 Å². The molecule has 1 fully saturated rings. The van der Waals surface area contributed by atoms with E-state index >= 15 is 0 Å². The molecule has 2 amide bonds. The van der Waals surface area contributed by atoms with Crippen molar-refractivity contribution in [2.24, 2.45) is 5.41 Å². The Morgan fingerprint density at radius 2 is 1.94 bits per heavy atom. The van der Waals surface area contributed by atoms with Crippen LogP contribution in [0.4, 0.5) is 4.79 Å². The van der Waals surface area contributed by atoms with Crippen molar-refractivity contribution in [3.63, 3.8) is 0 Å². The summed E-state index contributed by atoms with van der Waals surface area (Å²) in [5.74, 6) is -0.884. The monoisotopic (exact) mass is 256 g/mol. The van der Waals surface area contributed by atoms with E-state index in [-0.39, 0.29) is 23.9 Å². The fourth-order valence-corrected chi connectivity index (χ4v) is 2.44. The number of aliphatic carboxylic acids is 1. The second kappa shape index (κ2) is 6.61. The Hall–Kier alpha value is -1.26. The van der Waals surface area contributed by atoms with Crippen LogP contribution in [0.5, 0.6) is 0 Å². The van der Waals surface area contributed by atoms with E-state index in [0.29, 0.717) is 13.0 Å². The molecule has 0 heterocycles. The Bertz CT molecular complexity index is 299. The first kappa shape index (κ1) is 14.8. The molecular weight excluding hydrogens is 232 g/mol. The van der Waals surface area contributed by atoms with Crippen molar-refractivity contribution >= 4 is 12.0 Å². The lowest BCUT2D eigenvalue weighted by molar-refractivity contribution is -0.137. The van der Waals surface area contributed by atoms with Gasteiger partial charge in [0.1, 0.15) is 0 Å². The Kier molecular flexibility index (Phi) is 5.44. The van der Waals surface area contributed by atoms with Crippen LogP contribution in [-0.2, 0) is 4.79 Å². The number of carbonyl (C=O) groups excluding carboxylic acids is 1. The second-order valence-corrected chi connectivity index (χ2v) is 5.55. The van der Waals surface area contributed by atoms with E-state index in [9.17, 15) is 9.59 Å². The van der Waals surface area contributed by atoms with Crippen molar-refractivity contribution in [3.8, 4) is 0 Å². The van der Waals surface area contributed by atoms with E-state index in [2.05, 4.69) is 17.6 Å². The number of hydrogen-bond acceptors (Lipinski definition) is 2. The predicted molar refractivity (Wildman–Crippen MR) is 69.4 cm³/mol. The number of nitrogens with one attached hydrogen (secondary N) is 2. The maximum Gasteiger partial charge on any atom is 0.315 e. The third kappa shape index (κ3) is 4.94. The molecule has 3 N–H and O–H groups in total. The standard InChI is InChI=1S/C13H24N2O3/c1-3-10(8-11(16)17)15-12(18)14-9-13(2)6-4-5-7-13/h10H,3-9H2,1-2H3,(H,16,17)(H2,14,15,18). The van der Waals surface area contributed by atoms with Crippen molar-refractivity contribution in [3.05, 3.63) is 0 Å². The van der Waals surface area contributed by atoms with Gasteiger partial charge in [-0.2, -0.15) is 0 Å². The van der Waals surface area contributed by atoms with Gasteiger partial charge in [-0.3, -0.25) is 4.79 Å². The van der Waals surface area contributed by atoms with Crippen molar-refractivity contribution in [1.29, 1.82) is 0 Å². The molecule has 18 heavy (non-hydrogen) atoms. The van der Waals surface area contributed by atoms with Crippen LogP contribution >= 0.6 is 0 Å². The fourth-order valence-electron chi connectivity index (χ4n) is 2.44. The van der Waals surface area contributed by atoms with Gasteiger partial charge in [0.05, 0.1) is 6.42 Å². The summed E-state index contributed by atoms with van der Waals surface area (Å²) in [7, 11) is 0. The Morgan fingerprint density at radius 1 is 1.33 bits per heavy atom. The summed E-state index contributed by atoms with van der Waals surface area (Å²) in [6.07, 6.45) is 5.37. The first-order valence-electron chi connectivity index (χ1n) is 6.71. The molecule has 1 atom stereocenters. The van der Waals surface area contributed by atoms with Crippen molar-refractivity contribution in [2.45, 2.75) is 58.4 Å². The second-order valence-electron chi connectivity index (χ2n) is 5.55. The predicted octanol–water partition coefficient (Wildman–Crippen LogP) is 2.12. The number of carboxylic acid groups (broad SMARTS) is 1. The third-order valence-electron chi connectivity index (χ3n) is 3.74. The number of urea groups is 1. The van der Waals surface area contributed by atoms with Crippen LogP contribution in [0.2, 0.25) is 0 Å². The lowest BCUT2D eigenvalue weighted by Gasteiger charge is -2.24. The van der Waals surface area contributed by atoms with Gasteiger partial charge >= 0.3 is 12.0 Å². The molecule has 0 bridgehead atoms. The largest absolute Gasteiger partial charge is 0.481 e. The van der Waals surface area contributed by atoms with E-state index in [1.165, 1.54) is 12.8 Å². The van der Waals surface area contributed by atoms with E-state index in [1.807, 2.05) is 6.92 Å². The smallest absolute Gasteiger partial charge is 0.315 e. The molecule has 104 valence electrons. The van der Waals surface area contributed by atoms with Gasteiger partial charge in [0, 0.05) is 12.6 Å². The van der Waals surface area contributed by atoms with E-state index in [1.54, 1.807) is 0 Å². The van der Waals surface area contributed by atoms with Gasteiger partial charge in [-0.25, -0.2) is 4.79 Å². The lowest BCUT2D eigenvalue weighted by Crippen LogP contribution is -2.45. The zero-order valence-corrected chi connectivity index (χ0v) is 11.3. The van der Waals surface area contributed by atoms with Crippen LogP contribution in [0, 0.1) is 5.41 Å². The summed E-state index contributed by atoms with van der Waals surface area (Å²) >= 11 is 0. The highest BCUT2D eigenvalue weighted by atomic mass is 16.4. The number of rotatable bonds is 6. The lowest BCUT2D eigenvalue weighted by atomic mass is 9.89. The van der Waals surface area contributed by atoms with Gasteiger partial charge in [-0.15, -0.1) is 0 Å². The Balaban J connectivity index is 2.29. The molecule has 0 aliphatic heterocycles. The molecule has 1 aliphatic carbocycles. The Labute approximate surface area is 108 Å². The third-order valence-corrected chi connectivity index (χ3v) is 3.74. The molecule has 1 aliphatic rings. The van der Waals surface area contributed by atoms with Gasteiger partial charge < -0.3 is 15.7 Å². The molecule has 0 radical (unpaired) electrons. The van der Waals surface area contributed by atoms with Crippen molar-refractivity contribution in [1.82, 2.24) is 10.6 Å². The van der Waals surface area contributed by atoms with Crippen LogP contribution in [-0.4, -0.2) is 29.7 Å². The van der Waals surface area contributed by atoms with Crippen LogP contribution in [0.3, 0.4) is 0 Å². The summed E-state index contributed by atoms with van der Waals surface area (Å²) in [4.78, 5) is 22.3. The summed E-state index contributed by atoms with van der Waals surface area (Å²) in [5, 5.41) is 14.3. The molecule has 0 spiro atoms. The minimum absolute atomic E-state index is 0.0266. The molecule has 1 saturated carbocycles. The quantitative estimate of drug-likeness (QED) is 0.681. The van der Waals surface area contributed by atoms with E-state index in [0.717, 1.165) is 12.8 Å². The number of carbonyl (C=O) groups is 2. The number of carboxylic acids is 1. The highest BCUT2D eigenvalue weighted by Crippen LogP contribution is 2.36. The van der Waals surface area contributed by atoms with Gasteiger partial charge in [0.25, 0.3) is 0 Å². The number of hydrogen-bond donors (Lipinski definition) is 3. The Morgan fingerprint density at radius 3 is 2.44 bits per heavy atom. The van der Waals surface area contributed by atoms with Crippen molar-refractivity contribution < 1.29 is 14.7 Å². The number of amides is 2. The molecule has 0 aromatic carbocycles. The van der Waals surface area contributed by atoms with Crippen LogP contribution < -0.4 is 10.6 Å². The first-order valence-corrected chi connectivity index (χ1v) is 6.71. The molecular formula is C13H24N2O3. The average Bonchev–Trinajstić information content (AvgIpc) is 2.73. The maximum atomic E-state index is 11.7. The van der Waals surface area contributed by atoms with Crippen LogP contribution in [0.25, 0.3) is 0 Å². The maximum absolute atomic E-state index is 11.7. The summed E-state index contributed by atoms with van der Waals surface area (Å²) in [6.45, 7) is 4.73. The molecule has 0 aromatic rings. The first-order chi connectivity index (χ1) is 8.45. The average molecular weight is 256 g/mol. The van der Waals surface area contributed by atoms with Gasteiger partial charge in [0.2, 0.25) is 0 Å². The molecule has 1 unspecified atom stereocenters. The fraction of sp³-hybridized carbons (Fsp3) is 0.846. The topological polar surface area (TPSA) is 78.4 Å². The zero-order valence-electron chi connectivity index (χ0n) is 11.3. The minimum Gasteiger partial charge on any atom is -0.481 e. The SMILES string of the molecule is CCC(CC(=O)O)NC(=O)NCC1(C)CCCC1. The van der Waals surface area contributed by atoms with E-state index in [4.69, 9.17) is 5.11 Å². The zero-order chi connectivity index (χ0) is 13.6. The molecule has 5 nitrogen and oxygen atoms in total. The van der Waals surface area contributed by atoms with E-state index < -0.39 is 5.97 Å². The summed E-state index contributed by atoms with van der Waals surface area (Å²) in [6, 6.07) is -0.546. The summed E-state index contributed by atoms with van der Waals surface area (Å²) in [5.41, 5.74) is 0.214. The van der Waals surface area contributed by atoms with Gasteiger partial charge in [-0.05, 0) is 24.7 Å². The van der Waals surface area contributed by atoms with Gasteiger partial charge in [-0.1, -0.05) is 26.7 Å². The molecule has 0 aromatic heterocycles. The highest BCUT2D eigenvalue weighted by Gasteiger charge is 2.29.